The summed E-state index contributed by atoms with van der Waals surface area (Å²) in [7, 11) is 1.45. The number of nitrogens with one attached hydrogen (secondary N) is 1. The van der Waals surface area contributed by atoms with Crippen LogP contribution < -0.4 is 24.9 Å². The molecule has 1 aliphatic rings. The van der Waals surface area contributed by atoms with Crippen molar-refractivity contribution < 1.29 is 14.6 Å². The predicted molar refractivity (Wildman–Crippen MR) is 191 cm³/mol. The Labute approximate surface area is 289 Å². The van der Waals surface area contributed by atoms with Crippen LogP contribution in [-0.4, -0.2) is 27.3 Å². The Morgan fingerprint density at radius 1 is 1.02 bits per heavy atom. The highest BCUT2D eigenvalue weighted by Crippen LogP contribution is 2.36. The molecule has 6 aromatic rings. The zero-order chi connectivity index (χ0) is 33.5. The molecule has 48 heavy (non-hydrogen) atoms. The Balaban J connectivity index is 1.37. The summed E-state index contributed by atoms with van der Waals surface area (Å²) in [4.78, 5) is 33.5. The van der Waals surface area contributed by atoms with Gasteiger partial charge in [0.2, 0.25) is 0 Å². The molecule has 0 aliphatic carbocycles. The van der Waals surface area contributed by atoms with Crippen molar-refractivity contribution in [3.05, 3.63) is 155 Å². The van der Waals surface area contributed by atoms with Gasteiger partial charge < -0.3 is 19.7 Å². The van der Waals surface area contributed by atoms with Crippen molar-refractivity contribution in [3.8, 4) is 11.5 Å². The van der Waals surface area contributed by atoms with Gasteiger partial charge in [0.25, 0.3) is 11.5 Å². The molecule has 0 unspecified atom stereocenters. The lowest BCUT2D eigenvalue weighted by Crippen LogP contribution is -2.40. The molecule has 8 nitrogen and oxygen atoms in total. The second kappa shape index (κ2) is 12.8. The van der Waals surface area contributed by atoms with Crippen LogP contribution in [0.3, 0.4) is 0 Å². The third kappa shape index (κ3) is 5.81. The summed E-state index contributed by atoms with van der Waals surface area (Å²) in [6, 6.07) is 26.6. The summed E-state index contributed by atoms with van der Waals surface area (Å²) >= 11 is 13.7. The number of nitrogens with zero attached hydrogens (tertiary/aromatic N) is 3. The van der Waals surface area contributed by atoms with Crippen LogP contribution >= 0.6 is 34.5 Å². The molecule has 0 spiro atoms. The number of carbonyl (C=O) groups is 1. The van der Waals surface area contributed by atoms with E-state index in [1.807, 2.05) is 66.9 Å². The number of fused-ring (bicyclic) bond motifs is 2. The fraction of sp³-hybridized carbons (Fsp3) is 0.108. The van der Waals surface area contributed by atoms with Crippen LogP contribution in [0.2, 0.25) is 10.0 Å². The van der Waals surface area contributed by atoms with Gasteiger partial charge in [-0.1, -0.05) is 83.1 Å². The molecule has 0 fully saturated rings. The minimum absolute atomic E-state index is 0.0538. The number of hydrogen-bond acceptors (Lipinski definition) is 6. The van der Waals surface area contributed by atoms with E-state index in [1.54, 1.807) is 41.8 Å². The van der Waals surface area contributed by atoms with Gasteiger partial charge in [-0.3, -0.25) is 14.2 Å². The van der Waals surface area contributed by atoms with Crippen LogP contribution in [0.25, 0.3) is 17.0 Å². The number of phenols is 1. The number of carbonyl (C=O) groups excluding carboxylic acids is 1. The minimum atomic E-state index is -0.836. The van der Waals surface area contributed by atoms with Gasteiger partial charge in [-0.05, 0) is 66.6 Å². The van der Waals surface area contributed by atoms with Gasteiger partial charge in [-0.2, -0.15) is 0 Å². The van der Waals surface area contributed by atoms with Crippen molar-refractivity contribution in [1.82, 2.24) is 9.13 Å². The third-order valence-corrected chi connectivity index (χ3v) is 9.98. The van der Waals surface area contributed by atoms with Crippen LogP contribution in [0.1, 0.15) is 29.7 Å². The van der Waals surface area contributed by atoms with Crippen LogP contribution in [0.15, 0.2) is 118 Å². The Morgan fingerprint density at radius 3 is 2.56 bits per heavy atom. The number of para-hydroxylation sites is 2. The normalized spacial score (nSPS) is 14.6. The van der Waals surface area contributed by atoms with Gasteiger partial charge in [0.15, 0.2) is 16.3 Å². The molecule has 1 aliphatic heterocycles. The molecular formula is C37H28Cl2N4O4S. The maximum absolute atomic E-state index is 14.4. The first kappa shape index (κ1) is 31.5. The van der Waals surface area contributed by atoms with E-state index in [9.17, 15) is 14.7 Å². The Kier molecular flexibility index (Phi) is 8.43. The maximum atomic E-state index is 14.4. The summed E-state index contributed by atoms with van der Waals surface area (Å²) in [5.74, 6) is -0.220. The lowest BCUT2D eigenvalue weighted by Gasteiger charge is -2.25. The number of aromatic hydroxyl groups is 1. The van der Waals surface area contributed by atoms with E-state index in [4.69, 9.17) is 32.9 Å². The SMILES string of the molecule is COc1cc([C@H]2C(C(=O)Nc3ccccc3)=C(C)N=c3s/c(=C\c4cn(Cc5ccc(Cl)c(Cl)c5)c5ccccc45)c(=O)n32)ccc1O. The lowest BCUT2D eigenvalue weighted by molar-refractivity contribution is -0.113. The number of halogens is 2. The van der Waals surface area contributed by atoms with E-state index in [2.05, 4.69) is 9.88 Å². The molecule has 4 aromatic carbocycles. The molecule has 240 valence electrons. The molecule has 0 saturated heterocycles. The average Bonchev–Trinajstić information content (AvgIpc) is 3.58. The van der Waals surface area contributed by atoms with Crippen LogP contribution in [0.4, 0.5) is 5.69 Å². The fourth-order valence-corrected chi connectivity index (χ4v) is 7.37. The first-order valence-corrected chi connectivity index (χ1v) is 16.6. The van der Waals surface area contributed by atoms with Crippen molar-refractivity contribution in [2.24, 2.45) is 4.99 Å². The number of allylic oxidation sites excluding steroid dienone is 1. The largest absolute Gasteiger partial charge is 0.504 e. The zero-order valence-electron chi connectivity index (χ0n) is 25.8. The number of thiazole rings is 1. The van der Waals surface area contributed by atoms with E-state index < -0.39 is 6.04 Å². The second-order valence-electron chi connectivity index (χ2n) is 11.3. The standard InChI is InChI=1S/C37H28Cl2N4O4S/c1-21-33(35(45)41-25-8-4-3-5-9-25)34(23-13-15-30(44)31(17-23)47-2)43-36(46)32(48-37(43)40-21)18-24-20-42(29-11-7-6-10-26(24)29)19-22-12-14-27(38)28(39)16-22/h3-18,20,34,44H,19H2,1-2H3,(H,41,45)/b32-18-/t34-/m0/s1. The van der Waals surface area contributed by atoms with E-state index in [-0.39, 0.29) is 23.0 Å². The zero-order valence-corrected chi connectivity index (χ0v) is 28.1. The van der Waals surface area contributed by atoms with Gasteiger partial charge in [-0.25, -0.2) is 4.99 Å². The maximum Gasteiger partial charge on any atom is 0.271 e. The van der Waals surface area contributed by atoms with E-state index in [1.165, 1.54) is 24.5 Å². The van der Waals surface area contributed by atoms with Gasteiger partial charge in [-0.15, -0.1) is 0 Å². The number of anilines is 1. The van der Waals surface area contributed by atoms with E-state index in [0.717, 1.165) is 22.0 Å². The topological polar surface area (TPSA) is 97.9 Å². The molecule has 0 radical (unpaired) electrons. The fourth-order valence-electron chi connectivity index (χ4n) is 6.01. The smallest absolute Gasteiger partial charge is 0.271 e. The Morgan fingerprint density at radius 2 is 1.79 bits per heavy atom. The lowest BCUT2D eigenvalue weighted by atomic mass is 9.94. The summed E-state index contributed by atoms with van der Waals surface area (Å²) in [5.41, 5.74) is 4.52. The molecule has 1 atom stereocenters. The summed E-state index contributed by atoms with van der Waals surface area (Å²) in [5, 5.41) is 15.3. The number of rotatable bonds is 7. The quantitative estimate of drug-likeness (QED) is 0.190. The highest BCUT2D eigenvalue weighted by molar-refractivity contribution is 7.07. The first-order chi connectivity index (χ1) is 23.2. The summed E-state index contributed by atoms with van der Waals surface area (Å²) in [6.45, 7) is 2.31. The minimum Gasteiger partial charge on any atom is -0.504 e. The number of hydrogen-bond donors (Lipinski definition) is 2. The highest BCUT2D eigenvalue weighted by Gasteiger charge is 2.33. The Hall–Kier alpha value is -5.09. The van der Waals surface area contributed by atoms with Crippen LogP contribution in [0.5, 0.6) is 11.5 Å². The number of amides is 1. The van der Waals surface area contributed by atoms with E-state index in [0.29, 0.717) is 48.4 Å². The number of benzene rings is 4. The summed E-state index contributed by atoms with van der Waals surface area (Å²) < 4.78 is 9.51. The third-order valence-electron chi connectivity index (χ3n) is 8.26. The molecule has 3 heterocycles. The van der Waals surface area contributed by atoms with Crippen molar-refractivity contribution in [3.63, 3.8) is 0 Å². The van der Waals surface area contributed by atoms with Crippen LogP contribution in [0, 0.1) is 0 Å². The monoisotopic (exact) mass is 694 g/mol. The molecule has 2 N–H and O–H groups in total. The van der Waals surface area contributed by atoms with Crippen molar-refractivity contribution in [1.29, 1.82) is 0 Å². The van der Waals surface area contributed by atoms with Crippen molar-refractivity contribution in [2.75, 3.05) is 12.4 Å². The molecule has 7 rings (SSSR count). The molecule has 1 amide bonds. The number of ether oxygens (including phenoxy) is 1. The molecule has 11 heteroatoms. The Bertz CT molecular complexity index is 2450. The predicted octanol–water partition coefficient (Wildman–Crippen LogP) is 6.90. The number of aromatic nitrogens is 2. The van der Waals surface area contributed by atoms with Gasteiger partial charge in [0.1, 0.15) is 0 Å². The van der Waals surface area contributed by atoms with Crippen molar-refractivity contribution in [2.45, 2.75) is 19.5 Å². The highest BCUT2D eigenvalue weighted by atomic mass is 35.5. The molecule has 0 bridgehead atoms. The van der Waals surface area contributed by atoms with Crippen LogP contribution in [-0.2, 0) is 11.3 Å². The number of methoxy groups -OCH3 is 1. The molecule has 2 aromatic heterocycles. The van der Waals surface area contributed by atoms with Gasteiger partial charge in [0.05, 0.1) is 39.0 Å². The second-order valence-corrected chi connectivity index (χ2v) is 13.1. The first-order valence-electron chi connectivity index (χ1n) is 15.0. The van der Waals surface area contributed by atoms with Crippen molar-refractivity contribution >= 4 is 63.1 Å². The molecule has 0 saturated carbocycles. The number of phenolic OH excluding ortho intramolecular Hbond substituents is 1. The van der Waals surface area contributed by atoms with E-state index >= 15 is 0 Å². The summed E-state index contributed by atoms with van der Waals surface area (Å²) in [6.07, 6.45) is 3.88. The molecular weight excluding hydrogens is 667 g/mol. The average molecular weight is 696 g/mol. The van der Waals surface area contributed by atoms with Gasteiger partial charge in [0, 0.05) is 34.9 Å². The van der Waals surface area contributed by atoms with Gasteiger partial charge >= 0.3 is 0 Å².